The summed E-state index contributed by atoms with van der Waals surface area (Å²) < 4.78 is 5.56. The number of phenols is 1. The molecule has 0 aliphatic heterocycles. The average molecular weight is 364 g/mol. The second kappa shape index (κ2) is 7.78. The van der Waals surface area contributed by atoms with Gasteiger partial charge in [-0.05, 0) is 48.9 Å². The Bertz CT molecular complexity index is 943. The Morgan fingerprint density at radius 3 is 2.26 bits per heavy atom. The van der Waals surface area contributed by atoms with Crippen LogP contribution in [-0.2, 0) is 11.2 Å². The van der Waals surface area contributed by atoms with Crippen molar-refractivity contribution in [1.29, 1.82) is 0 Å². The second-order valence-corrected chi connectivity index (χ2v) is 6.29. The Balaban J connectivity index is 1.70. The Morgan fingerprint density at radius 1 is 1.04 bits per heavy atom. The fraction of sp³-hybridized carbons (Fsp3) is 0.143. The number of hydrogen-bond donors (Lipinski definition) is 3. The highest BCUT2D eigenvalue weighted by Crippen LogP contribution is 2.22. The van der Waals surface area contributed by atoms with E-state index in [1.54, 1.807) is 36.4 Å². The molecule has 0 radical (unpaired) electrons. The topological polar surface area (TPSA) is 106 Å². The van der Waals surface area contributed by atoms with Gasteiger partial charge < -0.3 is 20.6 Å². The first-order valence-corrected chi connectivity index (χ1v) is 8.47. The van der Waals surface area contributed by atoms with E-state index in [0.29, 0.717) is 5.56 Å². The maximum atomic E-state index is 12.5. The maximum absolute atomic E-state index is 12.5. The summed E-state index contributed by atoms with van der Waals surface area (Å²) in [5, 5.41) is 12.0. The van der Waals surface area contributed by atoms with Crippen molar-refractivity contribution in [3.63, 3.8) is 0 Å². The highest BCUT2D eigenvalue weighted by atomic mass is 16.3. The second-order valence-electron chi connectivity index (χ2n) is 6.29. The van der Waals surface area contributed by atoms with Crippen LogP contribution in [0.5, 0.6) is 5.75 Å². The smallest absolute Gasteiger partial charge is 0.251 e. The number of phenolic OH excluding ortho intramolecular Hbond substituents is 1. The maximum Gasteiger partial charge on any atom is 0.251 e. The molecule has 2 amide bonds. The Labute approximate surface area is 156 Å². The van der Waals surface area contributed by atoms with E-state index in [-0.39, 0.29) is 18.1 Å². The molecule has 0 aliphatic carbocycles. The molecule has 27 heavy (non-hydrogen) atoms. The largest absolute Gasteiger partial charge is 0.508 e. The van der Waals surface area contributed by atoms with Gasteiger partial charge in [-0.3, -0.25) is 9.59 Å². The van der Waals surface area contributed by atoms with Gasteiger partial charge in [0, 0.05) is 17.5 Å². The first-order chi connectivity index (χ1) is 12.9. The SMILES string of the molecule is Cc1ccc(-c2ccc(C(=O)N[C@@H](Cc3ccc(O)cc3)C(N)=O)cc2)o1. The van der Waals surface area contributed by atoms with Gasteiger partial charge in [-0.25, -0.2) is 0 Å². The van der Waals surface area contributed by atoms with E-state index in [1.165, 1.54) is 12.1 Å². The predicted octanol–water partition coefficient (Wildman–Crippen LogP) is 2.79. The van der Waals surface area contributed by atoms with Crippen LogP contribution in [0.25, 0.3) is 11.3 Å². The molecule has 0 aliphatic rings. The molecule has 138 valence electrons. The van der Waals surface area contributed by atoms with Crippen LogP contribution in [0.4, 0.5) is 0 Å². The van der Waals surface area contributed by atoms with Crippen molar-refractivity contribution >= 4 is 11.8 Å². The molecule has 0 saturated carbocycles. The number of carbonyl (C=O) groups excluding carboxylic acids is 2. The summed E-state index contributed by atoms with van der Waals surface area (Å²) in [6.45, 7) is 1.86. The zero-order valence-electron chi connectivity index (χ0n) is 14.8. The van der Waals surface area contributed by atoms with Crippen molar-refractivity contribution in [2.24, 2.45) is 5.73 Å². The third-order valence-corrected chi connectivity index (χ3v) is 4.20. The first-order valence-electron chi connectivity index (χ1n) is 8.47. The normalized spacial score (nSPS) is 11.7. The molecule has 1 heterocycles. The molecule has 0 saturated heterocycles. The number of nitrogens with one attached hydrogen (secondary N) is 1. The van der Waals surface area contributed by atoms with Crippen LogP contribution < -0.4 is 11.1 Å². The lowest BCUT2D eigenvalue weighted by atomic mass is 10.0. The predicted molar refractivity (Wildman–Crippen MR) is 101 cm³/mol. The highest BCUT2D eigenvalue weighted by Gasteiger charge is 2.19. The summed E-state index contributed by atoms with van der Waals surface area (Å²) >= 11 is 0. The number of primary amides is 1. The number of aryl methyl sites for hydroxylation is 1. The zero-order chi connectivity index (χ0) is 19.4. The van der Waals surface area contributed by atoms with Gasteiger partial charge in [0.2, 0.25) is 5.91 Å². The molecular formula is C21H20N2O4. The molecular weight excluding hydrogens is 344 g/mol. The Morgan fingerprint density at radius 2 is 1.70 bits per heavy atom. The fourth-order valence-electron chi connectivity index (χ4n) is 2.71. The van der Waals surface area contributed by atoms with Crippen LogP contribution in [0.3, 0.4) is 0 Å². The molecule has 3 rings (SSSR count). The number of carbonyl (C=O) groups is 2. The third-order valence-electron chi connectivity index (χ3n) is 4.20. The minimum absolute atomic E-state index is 0.130. The molecule has 0 spiro atoms. The van der Waals surface area contributed by atoms with Crippen molar-refractivity contribution in [1.82, 2.24) is 5.32 Å². The van der Waals surface area contributed by atoms with Crippen LogP contribution in [-0.4, -0.2) is 23.0 Å². The summed E-state index contributed by atoms with van der Waals surface area (Å²) in [6.07, 6.45) is 0.241. The van der Waals surface area contributed by atoms with Crippen molar-refractivity contribution < 1.29 is 19.1 Å². The monoisotopic (exact) mass is 364 g/mol. The molecule has 1 atom stereocenters. The van der Waals surface area contributed by atoms with E-state index in [9.17, 15) is 14.7 Å². The van der Waals surface area contributed by atoms with Crippen molar-refractivity contribution in [2.45, 2.75) is 19.4 Å². The van der Waals surface area contributed by atoms with Crippen molar-refractivity contribution in [3.05, 3.63) is 77.6 Å². The number of benzene rings is 2. The standard InChI is InChI=1S/C21H20N2O4/c1-13-2-11-19(27-13)15-5-7-16(8-6-15)21(26)23-18(20(22)25)12-14-3-9-17(24)10-4-14/h2-11,18,24H,12H2,1H3,(H2,22,25)(H,23,26)/t18-/m0/s1. The van der Waals surface area contributed by atoms with E-state index in [2.05, 4.69) is 5.32 Å². The van der Waals surface area contributed by atoms with Gasteiger partial charge in [0.1, 0.15) is 23.3 Å². The van der Waals surface area contributed by atoms with E-state index >= 15 is 0 Å². The van der Waals surface area contributed by atoms with Crippen LogP contribution in [0.2, 0.25) is 0 Å². The lowest BCUT2D eigenvalue weighted by Gasteiger charge is -2.16. The van der Waals surface area contributed by atoms with Crippen molar-refractivity contribution in [3.8, 4) is 17.1 Å². The van der Waals surface area contributed by atoms with Gasteiger partial charge in [-0.1, -0.05) is 24.3 Å². The first kappa shape index (κ1) is 18.3. The van der Waals surface area contributed by atoms with E-state index in [1.807, 2.05) is 19.1 Å². The lowest BCUT2D eigenvalue weighted by molar-refractivity contribution is -0.119. The Kier molecular flexibility index (Phi) is 5.26. The van der Waals surface area contributed by atoms with E-state index < -0.39 is 11.9 Å². The minimum Gasteiger partial charge on any atom is -0.508 e. The van der Waals surface area contributed by atoms with Gasteiger partial charge in [0.05, 0.1) is 0 Å². The molecule has 4 N–H and O–H groups in total. The van der Waals surface area contributed by atoms with Gasteiger partial charge in [-0.2, -0.15) is 0 Å². The number of rotatable bonds is 6. The third kappa shape index (κ3) is 4.55. The summed E-state index contributed by atoms with van der Waals surface area (Å²) in [7, 11) is 0. The molecule has 0 bridgehead atoms. The molecule has 3 aromatic rings. The van der Waals surface area contributed by atoms with E-state index in [4.69, 9.17) is 10.2 Å². The quantitative estimate of drug-likeness (QED) is 0.625. The molecule has 0 fully saturated rings. The molecule has 1 aromatic heterocycles. The number of furan rings is 1. The lowest BCUT2D eigenvalue weighted by Crippen LogP contribution is -2.45. The molecule has 6 heteroatoms. The number of hydrogen-bond acceptors (Lipinski definition) is 4. The molecule has 0 unspecified atom stereocenters. The summed E-state index contributed by atoms with van der Waals surface area (Å²) in [5.74, 6) is 0.649. The van der Waals surface area contributed by atoms with Gasteiger partial charge >= 0.3 is 0 Å². The number of aromatic hydroxyl groups is 1. The van der Waals surface area contributed by atoms with Gasteiger partial charge in [0.25, 0.3) is 5.91 Å². The number of amides is 2. The Hall–Kier alpha value is -3.54. The van der Waals surface area contributed by atoms with Gasteiger partial charge in [0.15, 0.2) is 0 Å². The highest BCUT2D eigenvalue weighted by molar-refractivity contribution is 5.97. The molecule has 2 aromatic carbocycles. The zero-order valence-corrected chi connectivity index (χ0v) is 14.8. The minimum atomic E-state index is -0.852. The summed E-state index contributed by atoms with van der Waals surface area (Å²) in [4.78, 5) is 24.2. The van der Waals surface area contributed by atoms with Crippen LogP contribution in [0, 0.1) is 6.92 Å². The summed E-state index contributed by atoms with van der Waals surface area (Å²) in [6, 6.07) is 16.2. The average Bonchev–Trinajstić information content (AvgIpc) is 3.09. The van der Waals surface area contributed by atoms with Crippen LogP contribution >= 0.6 is 0 Å². The van der Waals surface area contributed by atoms with Crippen molar-refractivity contribution in [2.75, 3.05) is 0 Å². The van der Waals surface area contributed by atoms with Gasteiger partial charge in [-0.15, -0.1) is 0 Å². The summed E-state index contributed by atoms with van der Waals surface area (Å²) in [5.41, 5.74) is 7.48. The molecule has 6 nitrogen and oxygen atoms in total. The van der Waals surface area contributed by atoms with E-state index in [0.717, 1.165) is 22.6 Å². The van der Waals surface area contributed by atoms with Crippen LogP contribution in [0.1, 0.15) is 21.7 Å². The fourth-order valence-corrected chi connectivity index (χ4v) is 2.71. The number of nitrogens with two attached hydrogens (primary N) is 1. The van der Waals surface area contributed by atoms with Crippen LogP contribution in [0.15, 0.2) is 65.1 Å².